The van der Waals surface area contributed by atoms with E-state index in [9.17, 15) is 9.50 Å². The molecule has 0 spiro atoms. The normalized spacial score (nSPS) is 25.1. The van der Waals surface area contributed by atoms with Crippen molar-refractivity contribution in [1.82, 2.24) is 15.1 Å². The molecule has 0 radical (unpaired) electrons. The predicted octanol–water partition coefficient (Wildman–Crippen LogP) is 3.83. The van der Waals surface area contributed by atoms with Crippen LogP contribution in [0.2, 0.25) is 5.02 Å². The molecule has 7 heteroatoms. The first-order valence-corrected chi connectivity index (χ1v) is 10.1. The highest BCUT2D eigenvalue weighted by Crippen LogP contribution is 2.39. The number of β-amino-alcohol motifs (C(OH)–C–C–N with tert-alkyl or cyclic N) is 1. The van der Waals surface area contributed by atoms with Gasteiger partial charge < -0.3 is 10.4 Å². The first-order valence-electron chi connectivity index (χ1n) is 9.77. The minimum absolute atomic E-state index is 0.348. The summed E-state index contributed by atoms with van der Waals surface area (Å²) in [6.45, 7) is 6.56. The molecule has 1 aliphatic carbocycles. The number of nitrogens with zero attached hydrogens (tertiary/aromatic N) is 3. The second-order valence-electron chi connectivity index (χ2n) is 8.77. The number of rotatable bonds is 5. The SMILES string of the molecule is CC(C)(O)CN1CC2C[C@@H](Nc3ccc(-c4cc(F)ccc4Cl)nn3)C[C@@H]2C1. The van der Waals surface area contributed by atoms with E-state index in [0.717, 1.165) is 38.3 Å². The Kier molecular flexibility index (Phi) is 5.29. The summed E-state index contributed by atoms with van der Waals surface area (Å²) in [6, 6.07) is 8.30. The highest BCUT2D eigenvalue weighted by Gasteiger charge is 2.41. The predicted molar refractivity (Wildman–Crippen MR) is 109 cm³/mol. The number of halogens is 2. The first-order chi connectivity index (χ1) is 13.3. The van der Waals surface area contributed by atoms with Crippen molar-refractivity contribution in [3.8, 4) is 11.3 Å². The lowest BCUT2D eigenvalue weighted by atomic mass is 10.0. The molecule has 1 aromatic carbocycles. The molecular weight excluding hydrogens is 379 g/mol. The Morgan fingerprint density at radius 3 is 2.50 bits per heavy atom. The van der Waals surface area contributed by atoms with Crippen LogP contribution in [0.3, 0.4) is 0 Å². The highest BCUT2D eigenvalue weighted by atomic mass is 35.5. The van der Waals surface area contributed by atoms with Crippen LogP contribution < -0.4 is 5.32 Å². The Hall–Kier alpha value is -1.76. The summed E-state index contributed by atoms with van der Waals surface area (Å²) < 4.78 is 13.5. The summed E-state index contributed by atoms with van der Waals surface area (Å²) in [7, 11) is 0. The van der Waals surface area contributed by atoms with Gasteiger partial charge in [-0.3, -0.25) is 4.90 Å². The number of hydrogen-bond acceptors (Lipinski definition) is 5. The van der Waals surface area contributed by atoms with E-state index >= 15 is 0 Å². The third-order valence-electron chi connectivity index (χ3n) is 5.66. The molecule has 2 aliphatic rings. The fourth-order valence-electron chi connectivity index (χ4n) is 4.65. The van der Waals surface area contributed by atoms with Crippen LogP contribution in [0.1, 0.15) is 26.7 Å². The van der Waals surface area contributed by atoms with E-state index in [1.807, 2.05) is 26.0 Å². The average Bonchev–Trinajstić information content (AvgIpc) is 3.14. The van der Waals surface area contributed by atoms with Crippen LogP contribution in [0.4, 0.5) is 10.2 Å². The summed E-state index contributed by atoms with van der Waals surface area (Å²) in [4.78, 5) is 2.38. The topological polar surface area (TPSA) is 61.3 Å². The number of likely N-dealkylation sites (tertiary alicyclic amines) is 1. The lowest BCUT2D eigenvalue weighted by Crippen LogP contribution is -2.38. The maximum atomic E-state index is 13.5. The van der Waals surface area contributed by atoms with Gasteiger partial charge in [0.25, 0.3) is 0 Å². The van der Waals surface area contributed by atoms with Gasteiger partial charge >= 0.3 is 0 Å². The monoisotopic (exact) mass is 404 g/mol. The van der Waals surface area contributed by atoms with Gasteiger partial charge in [0.05, 0.1) is 16.3 Å². The Morgan fingerprint density at radius 2 is 1.89 bits per heavy atom. The van der Waals surface area contributed by atoms with Gasteiger partial charge in [-0.05, 0) is 68.9 Å². The third kappa shape index (κ3) is 4.45. The number of hydrogen-bond donors (Lipinski definition) is 2. The Labute approximate surface area is 169 Å². The van der Waals surface area contributed by atoms with Gasteiger partial charge in [0, 0.05) is 31.2 Å². The zero-order valence-corrected chi connectivity index (χ0v) is 17.0. The molecule has 1 saturated heterocycles. The fourth-order valence-corrected chi connectivity index (χ4v) is 4.86. The summed E-state index contributed by atoms with van der Waals surface area (Å²) >= 11 is 6.14. The summed E-state index contributed by atoms with van der Waals surface area (Å²) in [5, 5.41) is 22.4. The second-order valence-corrected chi connectivity index (χ2v) is 9.17. The average molecular weight is 405 g/mol. The van der Waals surface area contributed by atoms with E-state index < -0.39 is 5.60 Å². The number of aliphatic hydroxyl groups is 1. The van der Waals surface area contributed by atoms with Crippen molar-refractivity contribution in [1.29, 1.82) is 0 Å². The molecule has 2 fully saturated rings. The number of aromatic nitrogens is 2. The van der Waals surface area contributed by atoms with Gasteiger partial charge in [0.1, 0.15) is 11.6 Å². The highest BCUT2D eigenvalue weighted by molar-refractivity contribution is 6.33. The van der Waals surface area contributed by atoms with Crippen LogP contribution in [-0.4, -0.2) is 51.5 Å². The molecule has 0 amide bonds. The number of fused-ring (bicyclic) bond motifs is 1. The number of nitrogens with one attached hydrogen (secondary N) is 1. The second kappa shape index (κ2) is 7.58. The lowest BCUT2D eigenvalue weighted by Gasteiger charge is -2.26. The van der Waals surface area contributed by atoms with Crippen LogP contribution >= 0.6 is 11.6 Å². The zero-order chi connectivity index (χ0) is 19.9. The summed E-state index contributed by atoms with van der Waals surface area (Å²) in [5.74, 6) is 1.71. The van der Waals surface area contributed by atoms with Crippen LogP contribution in [-0.2, 0) is 0 Å². The molecule has 2 aromatic rings. The molecule has 4 rings (SSSR count). The van der Waals surface area contributed by atoms with Crippen molar-refractivity contribution in [2.24, 2.45) is 11.8 Å². The zero-order valence-electron chi connectivity index (χ0n) is 16.2. The maximum absolute atomic E-state index is 13.5. The first kappa shape index (κ1) is 19.6. The Morgan fingerprint density at radius 1 is 1.18 bits per heavy atom. The largest absolute Gasteiger partial charge is 0.389 e. The molecule has 1 unspecified atom stereocenters. The van der Waals surface area contributed by atoms with Gasteiger partial charge in [-0.1, -0.05) is 11.6 Å². The number of benzene rings is 1. The summed E-state index contributed by atoms with van der Waals surface area (Å²) in [5.41, 5.74) is 0.460. The van der Waals surface area contributed by atoms with Crippen molar-refractivity contribution in [2.45, 2.75) is 38.3 Å². The van der Waals surface area contributed by atoms with E-state index in [2.05, 4.69) is 20.4 Å². The van der Waals surface area contributed by atoms with Gasteiger partial charge in [0.2, 0.25) is 0 Å². The van der Waals surface area contributed by atoms with Gasteiger partial charge in [0.15, 0.2) is 0 Å². The Balaban J connectivity index is 1.35. The molecule has 0 bridgehead atoms. The minimum Gasteiger partial charge on any atom is -0.389 e. The molecule has 5 nitrogen and oxygen atoms in total. The van der Waals surface area contributed by atoms with Crippen LogP contribution in [0.25, 0.3) is 11.3 Å². The molecule has 1 saturated carbocycles. The number of anilines is 1. The van der Waals surface area contributed by atoms with Crippen LogP contribution in [0, 0.1) is 17.7 Å². The van der Waals surface area contributed by atoms with E-state index in [4.69, 9.17) is 11.6 Å². The smallest absolute Gasteiger partial charge is 0.148 e. The standard InChI is InChI=1S/C21H26ClFN4O/c1-21(2,28)12-27-10-13-7-16(8-14(13)11-27)24-20-6-5-19(25-26-20)17-9-15(23)3-4-18(17)22/h3-6,9,13-14,16,28H,7-8,10-12H2,1-2H3,(H,24,26)/t13-,14?,16+/m1/s1. The van der Waals surface area contributed by atoms with E-state index in [-0.39, 0.29) is 5.82 Å². The van der Waals surface area contributed by atoms with E-state index in [1.54, 1.807) is 0 Å². The summed E-state index contributed by atoms with van der Waals surface area (Å²) in [6.07, 6.45) is 2.21. The van der Waals surface area contributed by atoms with Crippen LogP contribution in [0.15, 0.2) is 30.3 Å². The molecule has 150 valence electrons. The Bertz CT molecular complexity index is 825. The van der Waals surface area contributed by atoms with E-state index in [1.165, 1.54) is 18.2 Å². The fraction of sp³-hybridized carbons (Fsp3) is 0.524. The molecule has 2 heterocycles. The van der Waals surface area contributed by atoms with Crippen molar-refractivity contribution in [2.75, 3.05) is 25.0 Å². The maximum Gasteiger partial charge on any atom is 0.148 e. The van der Waals surface area contributed by atoms with Gasteiger partial charge in [-0.25, -0.2) is 4.39 Å². The van der Waals surface area contributed by atoms with Crippen molar-refractivity contribution < 1.29 is 9.50 Å². The van der Waals surface area contributed by atoms with Crippen molar-refractivity contribution >= 4 is 17.4 Å². The molecule has 1 aromatic heterocycles. The lowest BCUT2D eigenvalue weighted by molar-refractivity contribution is 0.0414. The molecular formula is C21H26ClFN4O. The molecule has 3 atom stereocenters. The quantitative estimate of drug-likeness (QED) is 0.793. The molecule has 1 aliphatic heterocycles. The molecule has 2 N–H and O–H groups in total. The van der Waals surface area contributed by atoms with Gasteiger partial charge in [-0.2, -0.15) is 0 Å². The van der Waals surface area contributed by atoms with Crippen molar-refractivity contribution in [3.63, 3.8) is 0 Å². The third-order valence-corrected chi connectivity index (χ3v) is 5.99. The van der Waals surface area contributed by atoms with E-state index in [0.29, 0.717) is 34.2 Å². The van der Waals surface area contributed by atoms with Crippen molar-refractivity contribution in [3.05, 3.63) is 41.2 Å². The minimum atomic E-state index is -0.641. The van der Waals surface area contributed by atoms with Gasteiger partial charge in [-0.15, -0.1) is 10.2 Å². The molecule has 28 heavy (non-hydrogen) atoms. The van der Waals surface area contributed by atoms with Crippen LogP contribution in [0.5, 0.6) is 0 Å².